The third-order valence-corrected chi connectivity index (χ3v) is 3.14. The van der Waals surface area contributed by atoms with Gasteiger partial charge in [0.1, 0.15) is 6.54 Å². The minimum Gasteiger partial charge on any atom is -0.324 e. The van der Waals surface area contributed by atoms with Crippen LogP contribution in [0.15, 0.2) is 24.8 Å². The number of hydrogen-bond donors (Lipinski definition) is 1. The average Bonchev–Trinajstić information content (AvgIpc) is 2.46. The number of nitrogens with zero attached hydrogens (tertiary/aromatic N) is 1. The number of fused-ring (bicyclic) bond motifs is 1. The Bertz CT molecular complexity index is 556. The Kier molecular flexibility index (Phi) is 3.18. The Hall–Kier alpha value is -2.10. The molecule has 0 saturated heterocycles. The largest absolute Gasteiger partial charge is 0.324 e. The van der Waals surface area contributed by atoms with E-state index >= 15 is 0 Å². The van der Waals surface area contributed by atoms with E-state index in [1.54, 1.807) is 23.1 Å². The Morgan fingerprint density at radius 1 is 1.32 bits per heavy atom. The molecule has 2 rings (SSSR count). The summed E-state index contributed by atoms with van der Waals surface area (Å²) in [5.74, 6) is -0.307. The van der Waals surface area contributed by atoms with Crippen molar-refractivity contribution in [1.82, 2.24) is 4.90 Å². The number of rotatable bonds is 1. The molecule has 2 amide bonds. The summed E-state index contributed by atoms with van der Waals surface area (Å²) < 4.78 is 0. The van der Waals surface area contributed by atoms with Gasteiger partial charge in [0.15, 0.2) is 0 Å². The predicted molar refractivity (Wildman–Crippen MR) is 76.0 cm³/mol. The summed E-state index contributed by atoms with van der Waals surface area (Å²) in [5.41, 5.74) is 1.53. The van der Waals surface area contributed by atoms with Crippen molar-refractivity contribution in [1.29, 1.82) is 0 Å². The van der Waals surface area contributed by atoms with Gasteiger partial charge in [-0.05, 0) is 38.5 Å². The highest BCUT2D eigenvalue weighted by Gasteiger charge is 2.33. The van der Waals surface area contributed by atoms with E-state index in [0.29, 0.717) is 11.3 Å². The molecule has 0 radical (unpaired) electrons. The van der Waals surface area contributed by atoms with Gasteiger partial charge in [0, 0.05) is 5.54 Å². The van der Waals surface area contributed by atoms with Crippen molar-refractivity contribution in [3.05, 3.63) is 35.9 Å². The summed E-state index contributed by atoms with van der Waals surface area (Å²) in [6.45, 7) is 9.52. The van der Waals surface area contributed by atoms with Crippen molar-refractivity contribution in [2.45, 2.75) is 26.3 Å². The number of anilines is 1. The van der Waals surface area contributed by atoms with Gasteiger partial charge in [0.05, 0.1) is 11.3 Å². The number of benzene rings is 1. The number of hydrogen-bond acceptors (Lipinski definition) is 2. The molecule has 19 heavy (non-hydrogen) atoms. The SMILES string of the molecule is C=Cc1ccc2c(c1)C(=O)N(C(C)(C)C)CC(=O)N2. The van der Waals surface area contributed by atoms with Gasteiger partial charge >= 0.3 is 0 Å². The molecule has 1 aliphatic rings. The number of amides is 2. The smallest absolute Gasteiger partial charge is 0.256 e. The van der Waals surface area contributed by atoms with Crippen LogP contribution < -0.4 is 5.32 Å². The van der Waals surface area contributed by atoms with E-state index in [0.717, 1.165) is 5.56 Å². The van der Waals surface area contributed by atoms with E-state index in [1.165, 1.54) is 0 Å². The van der Waals surface area contributed by atoms with Gasteiger partial charge < -0.3 is 10.2 Å². The van der Waals surface area contributed by atoms with Gasteiger partial charge in [0.2, 0.25) is 5.91 Å². The summed E-state index contributed by atoms with van der Waals surface area (Å²) in [5, 5.41) is 2.77. The van der Waals surface area contributed by atoms with Crippen LogP contribution in [0.4, 0.5) is 5.69 Å². The molecule has 0 aromatic heterocycles. The fraction of sp³-hybridized carbons (Fsp3) is 0.333. The molecular weight excluding hydrogens is 240 g/mol. The van der Waals surface area contributed by atoms with Crippen molar-refractivity contribution in [2.24, 2.45) is 0 Å². The van der Waals surface area contributed by atoms with E-state index < -0.39 is 5.54 Å². The topological polar surface area (TPSA) is 49.4 Å². The van der Waals surface area contributed by atoms with Gasteiger partial charge in [0.25, 0.3) is 5.91 Å². The molecule has 0 unspecified atom stereocenters. The molecule has 0 fully saturated rings. The Labute approximate surface area is 113 Å². The van der Waals surface area contributed by atoms with Crippen LogP contribution in [0.3, 0.4) is 0 Å². The zero-order valence-electron chi connectivity index (χ0n) is 11.5. The minimum atomic E-state index is -0.403. The summed E-state index contributed by atoms with van der Waals surface area (Å²) >= 11 is 0. The lowest BCUT2D eigenvalue weighted by Crippen LogP contribution is -2.47. The Balaban J connectivity index is 2.55. The first kappa shape index (κ1) is 13.3. The maximum atomic E-state index is 12.6. The maximum Gasteiger partial charge on any atom is 0.256 e. The van der Waals surface area contributed by atoms with Gasteiger partial charge in [-0.1, -0.05) is 18.7 Å². The number of carbonyl (C=O) groups excluding carboxylic acids is 2. The van der Waals surface area contributed by atoms with Crippen LogP contribution in [0.5, 0.6) is 0 Å². The minimum absolute atomic E-state index is 0.0699. The Morgan fingerprint density at radius 2 is 2.00 bits per heavy atom. The summed E-state index contributed by atoms with van der Waals surface area (Å²) in [6.07, 6.45) is 1.68. The van der Waals surface area contributed by atoms with Crippen LogP contribution in [-0.4, -0.2) is 28.8 Å². The highest BCUT2D eigenvalue weighted by atomic mass is 16.2. The first-order valence-corrected chi connectivity index (χ1v) is 6.21. The molecule has 0 saturated carbocycles. The first-order valence-electron chi connectivity index (χ1n) is 6.21. The fourth-order valence-corrected chi connectivity index (χ4v) is 2.07. The fourth-order valence-electron chi connectivity index (χ4n) is 2.07. The lowest BCUT2D eigenvalue weighted by Gasteiger charge is -2.33. The average molecular weight is 258 g/mol. The monoisotopic (exact) mass is 258 g/mol. The van der Waals surface area contributed by atoms with Crippen LogP contribution in [0.25, 0.3) is 6.08 Å². The molecule has 0 atom stereocenters. The molecule has 1 aromatic rings. The molecule has 0 bridgehead atoms. The molecule has 0 spiro atoms. The van der Waals surface area contributed by atoms with Gasteiger partial charge in [-0.3, -0.25) is 9.59 Å². The zero-order valence-corrected chi connectivity index (χ0v) is 11.5. The molecule has 4 nitrogen and oxygen atoms in total. The summed E-state index contributed by atoms with van der Waals surface area (Å²) in [7, 11) is 0. The summed E-state index contributed by atoms with van der Waals surface area (Å²) in [6, 6.07) is 5.33. The summed E-state index contributed by atoms with van der Waals surface area (Å²) in [4.78, 5) is 26.1. The predicted octanol–water partition coefficient (Wildman–Crippen LogP) is 2.52. The van der Waals surface area contributed by atoms with E-state index in [-0.39, 0.29) is 18.4 Å². The second-order valence-corrected chi connectivity index (χ2v) is 5.62. The number of nitrogens with one attached hydrogen (secondary N) is 1. The van der Waals surface area contributed by atoms with Crippen molar-refractivity contribution < 1.29 is 9.59 Å². The van der Waals surface area contributed by atoms with Crippen LogP contribution in [0.2, 0.25) is 0 Å². The highest BCUT2D eigenvalue weighted by Crippen LogP contribution is 2.26. The second kappa shape index (κ2) is 4.53. The molecule has 100 valence electrons. The quantitative estimate of drug-likeness (QED) is 0.841. The molecule has 1 aliphatic heterocycles. The van der Waals surface area contributed by atoms with Gasteiger partial charge in [-0.15, -0.1) is 0 Å². The van der Waals surface area contributed by atoms with Crippen molar-refractivity contribution >= 4 is 23.6 Å². The van der Waals surface area contributed by atoms with Crippen molar-refractivity contribution in [2.75, 3.05) is 11.9 Å². The molecule has 0 aliphatic carbocycles. The lowest BCUT2D eigenvalue weighted by molar-refractivity contribution is -0.117. The maximum absolute atomic E-state index is 12.6. The van der Waals surface area contributed by atoms with E-state index in [9.17, 15) is 9.59 Å². The van der Waals surface area contributed by atoms with E-state index in [2.05, 4.69) is 11.9 Å². The molecule has 1 aromatic carbocycles. The van der Waals surface area contributed by atoms with Crippen LogP contribution in [0, 0.1) is 0 Å². The van der Waals surface area contributed by atoms with Crippen LogP contribution in [0.1, 0.15) is 36.7 Å². The van der Waals surface area contributed by atoms with Crippen molar-refractivity contribution in [3.8, 4) is 0 Å². The normalized spacial score (nSPS) is 15.6. The third kappa shape index (κ3) is 2.52. The lowest BCUT2D eigenvalue weighted by atomic mass is 10.0. The first-order chi connectivity index (χ1) is 8.82. The highest BCUT2D eigenvalue weighted by molar-refractivity contribution is 6.09. The number of carbonyl (C=O) groups is 2. The van der Waals surface area contributed by atoms with Crippen molar-refractivity contribution in [3.63, 3.8) is 0 Å². The van der Waals surface area contributed by atoms with E-state index in [4.69, 9.17) is 0 Å². The molecule has 1 heterocycles. The van der Waals surface area contributed by atoms with Gasteiger partial charge in [-0.25, -0.2) is 0 Å². The zero-order chi connectivity index (χ0) is 14.2. The molecule has 1 N–H and O–H groups in total. The van der Waals surface area contributed by atoms with Crippen LogP contribution in [-0.2, 0) is 4.79 Å². The van der Waals surface area contributed by atoms with E-state index in [1.807, 2.05) is 26.8 Å². The molecular formula is C15H18N2O2. The molecule has 4 heteroatoms. The second-order valence-electron chi connectivity index (χ2n) is 5.62. The van der Waals surface area contributed by atoms with Crippen LogP contribution >= 0.6 is 0 Å². The standard InChI is InChI=1S/C15H18N2O2/c1-5-10-6-7-12-11(8-10)14(19)17(15(2,3)4)9-13(18)16-12/h5-8H,1,9H2,2-4H3,(H,16,18). The van der Waals surface area contributed by atoms with Gasteiger partial charge in [-0.2, -0.15) is 0 Å². The third-order valence-electron chi connectivity index (χ3n) is 3.14. The Morgan fingerprint density at radius 3 is 2.58 bits per heavy atom.